The van der Waals surface area contributed by atoms with Crippen molar-refractivity contribution in [3.05, 3.63) is 0 Å². The van der Waals surface area contributed by atoms with Crippen LogP contribution in [0, 0.1) is 10.8 Å². The molecular formula is C15H30F2O. The molecule has 0 aromatic heterocycles. The van der Waals surface area contributed by atoms with Crippen LogP contribution < -0.4 is 0 Å². The second-order valence-electron chi connectivity index (χ2n) is 7.80. The Kier molecular flexibility index (Phi) is 6.25. The Morgan fingerprint density at radius 3 is 1.78 bits per heavy atom. The van der Waals surface area contributed by atoms with Gasteiger partial charge in [-0.2, -0.15) is 0 Å². The Morgan fingerprint density at radius 1 is 0.944 bits per heavy atom. The molecule has 0 aromatic rings. The van der Waals surface area contributed by atoms with Gasteiger partial charge in [0, 0.05) is 0 Å². The van der Waals surface area contributed by atoms with Crippen molar-refractivity contribution in [1.29, 1.82) is 0 Å². The molecule has 0 radical (unpaired) electrons. The van der Waals surface area contributed by atoms with Crippen LogP contribution in [0.1, 0.15) is 67.7 Å². The lowest BCUT2D eigenvalue weighted by molar-refractivity contribution is -0.0905. The molecular weight excluding hydrogens is 234 g/mol. The summed E-state index contributed by atoms with van der Waals surface area (Å²) in [5, 5.41) is 0. The number of rotatable bonds is 6. The van der Waals surface area contributed by atoms with Crippen molar-refractivity contribution >= 4 is 0 Å². The molecule has 0 spiro atoms. The van der Waals surface area contributed by atoms with Gasteiger partial charge in [-0.05, 0) is 37.0 Å². The number of hydrogen-bond acceptors (Lipinski definition) is 1. The minimum atomic E-state index is -1.44. The predicted octanol–water partition coefficient (Wildman–Crippen LogP) is 5.29. The summed E-state index contributed by atoms with van der Waals surface area (Å²) < 4.78 is 32.5. The minimum Gasteiger partial charge on any atom is -0.345 e. The van der Waals surface area contributed by atoms with Crippen molar-refractivity contribution in [2.24, 2.45) is 10.8 Å². The molecule has 3 heteroatoms. The molecule has 0 fully saturated rings. The van der Waals surface area contributed by atoms with Crippen molar-refractivity contribution in [2.75, 3.05) is 6.61 Å². The second kappa shape index (κ2) is 6.31. The van der Waals surface area contributed by atoms with E-state index in [1.54, 1.807) is 0 Å². The lowest BCUT2D eigenvalue weighted by atomic mass is 9.78. The first-order chi connectivity index (χ1) is 7.83. The van der Waals surface area contributed by atoms with E-state index in [0.717, 1.165) is 6.42 Å². The fourth-order valence-electron chi connectivity index (χ4n) is 2.03. The van der Waals surface area contributed by atoms with Crippen LogP contribution in [0.3, 0.4) is 0 Å². The molecule has 1 nitrogen and oxygen atoms in total. The zero-order valence-electron chi connectivity index (χ0n) is 13.1. The van der Waals surface area contributed by atoms with E-state index in [1.165, 1.54) is 6.92 Å². The quantitative estimate of drug-likeness (QED) is 0.633. The highest BCUT2D eigenvalue weighted by Gasteiger charge is 2.36. The first-order valence-corrected chi connectivity index (χ1v) is 6.78. The fourth-order valence-corrected chi connectivity index (χ4v) is 2.03. The van der Waals surface area contributed by atoms with Crippen molar-refractivity contribution in [3.8, 4) is 0 Å². The van der Waals surface area contributed by atoms with Gasteiger partial charge in [0.25, 0.3) is 0 Å². The van der Waals surface area contributed by atoms with Crippen LogP contribution in [-0.4, -0.2) is 18.6 Å². The largest absolute Gasteiger partial charge is 0.345 e. The molecule has 0 N–H and O–H groups in total. The van der Waals surface area contributed by atoms with Gasteiger partial charge in [0.2, 0.25) is 0 Å². The van der Waals surface area contributed by atoms with Crippen LogP contribution in [0.2, 0.25) is 0 Å². The summed E-state index contributed by atoms with van der Waals surface area (Å²) in [6.07, 6.45) is 0.169. The normalized spacial score (nSPS) is 18.5. The molecule has 0 aliphatic carbocycles. The summed E-state index contributed by atoms with van der Waals surface area (Å²) in [7, 11) is 0. The molecule has 0 saturated heterocycles. The van der Waals surface area contributed by atoms with Crippen molar-refractivity contribution in [1.82, 2.24) is 0 Å². The van der Waals surface area contributed by atoms with E-state index < -0.39 is 12.0 Å². The topological polar surface area (TPSA) is 9.23 Å². The molecule has 0 saturated carbocycles. The monoisotopic (exact) mass is 264 g/mol. The molecule has 0 rings (SSSR count). The van der Waals surface area contributed by atoms with E-state index in [1.807, 2.05) is 20.8 Å². The van der Waals surface area contributed by atoms with E-state index in [0.29, 0.717) is 12.8 Å². The summed E-state index contributed by atoms with van der Waals surface area (Å²) >= 11 is 0. The maximum atomic E-state index is 14.9. The highest BCUT2D eigenvalue weighted by Crippen LogP contribution is 2.37. The van der Waals surface area contributed by atoms with Gasteiger partial charge in [-0.3, -0.25) is 0 Å². The molecule has 0 aromatic carbocycles. The average molecular weight is 264 g/mol. The van der Waals surface area contributed by atoms with Gasteiger partial charge in [0.15, 0.2) is 6.36 Å². The number of hydrogen-bond donors (Lipinski definition) is 0. The van der Waals surface area contributed by atoms with Crippen LogP contribution in [0.25, 0.3) is 0 Å². The maximum Gasteiger partial charge on any atom is 0.196 e. The van der Waals surface area contributed by atoms with Crippen LogP contribution in [0.5, 0.6) is 0 Å². The maximum absolute atomic E-state index is 14.9. The van der Waals surface area contributed by atoms with E-state index in [-0.39, 0.29) is 17.4 Å². The van der Waals surface area contributed by atoms with E-state index in [4.69, 9.17) is 4.74 Å². The molecule has 0 bridgehead atoms. The average Bonchev–Trinajstić information content (AvgIpc) is 2.08. The number of halogens is 2. The Balaban J connectivity index is 4.59. The Hall–Kier alpha value is -0.180. The lowest BCUT2D eigenvalue weighted by Gasteiger charge is -2.34. The third-order valence-corrected chi connectivity index (χ3v) is 2.74. The van der Waals surface area contributed by atoms with Gasteiger partial charge in [-0.25, -0.2) is 8.78 Å². The van der Waals surface area contributed by atoms with Crippen LogP contribution >= 0.6 is 0 Å². The lowest BCUT2D eigenvalue weighted by Crippen LogP contribution is -2.36. The zero-order chi connectivity index (χ0) is 14.6. The van der Waals surface area contributed by atoms with Gasteiger partial charge >= 0.3 is 0 Å². The molecule has 0 amide bonds. The summed E-state index contributed by atoms with van der Waals surface area (Å²) in [5.41, 5.74) is -1.49. The Bertz CT molecular complexity index is 238. The van der Waals surface area contributed by atoms with Crippen LogP contribution in [0.15, 0.2) is 0 Å². The molecule has 18 heavy (non-hydrogen) atoms. The van der Waals surface area contributed by atoms with Crippen molar-refractivity contribution in [3.63, 3.8) is 0 Å². The van der Waals surface area contributed by atoms with Crippen LogP contribution in [0.4, 0.5) is 8.78 Å². The number of ether oxygens (including phenoxy) is 1. The minimum absolute atomic E-state index is 0.0799. The molecule has 1 unspecified atom stereocenters. The van der Waals surface area contributed by atoms with Gasteiger partial charge in [-0.15, -0.1) is 0 Å². The summed E-state index contributed by atoms with van der Waals surface area (Å²) in [6.45, 7) is 13.4. The first kappa shape index (κ1) is 17.8. The molecule has 2 atom stereocenters. The SMILES string of the molecule is CC(F)OC[C@](F)(CCC(C)(C)C)CC(C)(C)C. The Labute approximate surface area is 111 Å². The van der Waals surface area contributed by atoms with Crippen molar-refractivity contribution < 1.29 is 13.5 Å². The molecule has 0 aliphatic heterocycles. The van der Waals surface area contributed by atoms with Gasteiger partial charge in [-0.1, -0.05) is 41.5 Å². The van der Waals surface area contributed by atoms with E-state index in [2.05, 4.69) is 20.8 Å². The third-order valence-electron chi connectivity index (χ3n) is 2.74. The van der Waals surface area contributed by atoms with Gasteiger partial charge in [0.1, 0.15) is 5.67 Å². The third kappa shape index (κ3) is 9.81. The summed E-state index contributed by atoms with van der Waals surface area (Å²) in [6, 6.07) is 0. The summed E-state index contributed by atoms with van der Waals surface area (Å²) in [4.78, 5) is 0. The second-order valence-corrected chi connectivity index (χ2v) is 7.80. The zero-order valence-corrected chi connectivity index (χ0v) is 13.1. The molecule has 0 aliphatic rings. The number of alkyl halides is 2. The van der Waals surface area contributed by atoms with Crippen LogP contribution in [-0.2, 0) is 4.74 Å². The van der Waals surface area contributed by atoms with E-state index in [9.17, 15) is 8.78 Å². The van der Waals surface area contributed by atoms with Gasteiger partial charge in [0.05, 0.1) is 6.61 Å². The molecule has 110 valence electrons. The fraction of sp³-hybridized carbons (Fsp3) is 1.00. The molecule has 0 heterocycles. The smallest absolute Gasteiger partial charge is 0.196 e. The standard InChI is InChI=1S/C15H30F2O/c1-12(16)18-11-15(17,10-14(5,6)7)9-8-13(2,3)4/h12H,8-11H2,1-7H3/t12?,15-/m0/s1. The van der Waals surface area contributed by atoms with Crippen molar-refractivity contribution in [2.45, 2.75) is 79.8 Å². The highest BCUT2D eigenvalue weighted by molar-refractivity contribution is 4.86. The first-order valence-electron chi connectivity index (χ1n) is 6.78. The predicted molar refractivity (Wildman–Crippen MR) is 73.1 cm³/mol. The summed E-state index contributed by atoms with van der Waals surface area (Å²) in [5.74, 6) is 0. The highest BCUT2D eigenvalue weighted by atomic mass is 19.2. The Morgan fingerprint density at radius 2 is 1.44 bits per heavy atom. The van der Waals surface area contributed by atoms with Gasteiger partial charge < -0.3 is 4.74 Å². The van der Waals surface area contributed by atoms with E-state index >= 15 is 0 Å².